The molecule has 0 fully saturated rings. The molecule has 0 unspecified atom stereocenters. The molecule has 0 spiro atoms. The van der Waals surface area contributed by atoms with Gasteiger partial charge < -0.3 is 19.3 Å². The molecule has 1 N–H and O–H groups in total. The summed E-state index contributed by atoms with van der Waals surface area (Å²) in [6, 6.07) is 0. The molecule has 0 heterocycles. The molecule has 12 heteroatoms. The molecular formula is C13H32O10P2+2. The van der Waals surface area contributed by atoms with Crippen LogP contribution in [0.15, 0.2) is 0 Å². The first-order chi connectivity index (χ1) is 12.0. The third-order valence-electron chi connectivity index (χ3n) is 1.73. The Morgan fingerprint density at radius 2 is 1.00 bits per heavy atom. The second kappa shape index (κ2) is 28.7. The molecule has 0 amide bonds. The quantitative estimate of drug-likeness (QED) is 0.337. The van der Waals surface area contributed by atoms with Crippen molar-refractivity contribution in [3.63, 3.8) is 0 Å². The summed E-state index contributed by atoms with van der Waals surface area (Å²) in [6.07, 6.45) is 0. The number of rotatable bonds is 14. The van der Waals surface area contributed by atoms with Gasteiger partial charge in [-0.1, -0.05) is 0 Å². The first-order valence-corrected chi connectivity index (χ1v) is 9.76. The van der Waals surface area contributed by atoms with Gasteiger partial charge in [-0.25, -0.2) is 0 Å². The zero-order valence-electron chi connectivity index (χ0n) is 15.7. The Morgan fingerprint density at radius 3 is 1.24 bits per heavy atom. The molecule has 0 atom stereocenters. The summed E-state index contributed by atoms with van der Waals surface area (Å²) in [5.41, 5.74) is 0. The molecular weight excluding hydrogens is 378 g/mol. The van der Waals surface area contributed by atoms with Gasteiger partial charge in [-0.3, -0.25) is 0 Å². The Bertz CT molecular complexity index is 260. The highest BCUT2D eigenvalue weighted by Gasteiger charge is 2.19. The van der Waals surface area contributed by atoms with Gasteiger partial charge in [0, 0.05) is 30.5 Å². The van der Waals surface area contributed by atoms with Crippen molar-refractivity contribution in [3.8, 4) is 0 Å². The minimum atomic E-state index is -2.01. The van der Waals surface area contributed by atoms with Crippen LogP contribution in [0.25, 0.3) is 0 Å². The van der Waals surface area contributed by atoms with E-state index in [1.165, 1.54) is 0 Å². The molecule has 0 aliphatic carbocycles. The zero-order chi connectivity index (χ0) is 19.8. The highest BCUT2D eigenvalue weighted by atomic mass is 31.1. The summed E-state index contributed by atoms with van der Waals surface area (Å²) < 4.78 is 53.6. The van der Waals surface area contributed by atoms with Gasteiger partial charge in [-0.2, -0.15) is 0 Å². The van der Waals surface area contributed by atoms with Gasteiger partial charge in [-0.05, 0) is 13.8 Å². The van der Waals surface area contributed by atoms with Gasteiger partial charge in [0.15, 0.2) is 0 Å². The molecule has 0 saturated carbocycles. The number of methoxy groups -OCH3 is 3. The lowest BCUT2D eigenvalue weighted by molar-refractivity contribution is 0.116. The van der Waals surface area contributed by atoms with Crippen LogP contribution in [-0.2, 0) is 41.4 Å². The zero-order valence-corrected chi connectivity index (χ0v) is 17.5. The minimum absolute atomic E-state index is 0.122. The van der Waals surface area contributed by atoms with Crippen molar-refractivity contribution in [3.05, 3.63) is 0 Å². The number of aliphatic hydroxyl groups is 1. The molecule has 0 aliphatic heterocycles. The predicted octanol–water partition coefficient (Wildman–Crippen LogP) is 2.31. The second-order valence-corrected chi connectivity index (χ2v) is 5.58. The van der Waals surface area contributed by atoms with Crippen molar-refractivity contribution >= 4 is 16.5 Å². The maximum Gasteiger partial charge on any atom is 0.697 e. The molecule has 0 aromatic carbocycles. The average Bonchev–Trinajstić information content (AvgIpc) is 2.58. The van der Waals surface area contributed by atoms with Gasteiger partial charge in [0.2, 0.25) is 0 Å². The first-order valence-electron chi connectivity index (χ1n) is 7.57. The molecule has 0 rings (SSSR count). The smallest absolute Gasteiger partial charge is 0.394 e. The SMILES string of the molecule is CCO[P+](=O)OCC.COCCO.COCCO[P+](=O)OCCOC. The summed E-state index contributed by atoms with van der Waals surface area (Å²) in [7, 11) is 0.795. The van der Waals surface area contributed by atoms with Crippen LogP contribution in [0.5, 0.6) is 0 Å². The second-order valence-electron chi connectivity index (χ2n) is 3.65. The minimum Gasteiger partial charge on any atom is -0.394 e. The van der Waals surface area contributed by atoms with Crippen molar-refractivity contribution in [2.45, 2.75) is 13.8 Å². The standard InChI is InChI=1S/C6H14O5P.C4H10O3P.C3H8O2/c1-8-3-5-10-12(7)11-6-4-9-2;1-3-6-8(5)7-4-2;1-5-3-2-4/h3-6H2,1-2H3;3-4H2,1-2H3;4H,2-3H2,1H3/q2*+1;. The van der Waals surface area contributed by atoms with E-state index in [9.17, 15) is 9.13 Å². The predicted molar refractivity (Wildman–Crippen MR) is 93.1 cm³/mol. The average molecular weight is 410 g/mol. The number of hydrogen-bond donors (Lipinski definition) is 1. The molecule has 0 saturated heterocycles. The summed E-state index contributed by atoms with van der Waals surface area (Å²) in [5.74, 6) is 0. The van der Waals surface area contributed by atoms with Crippen molar-refractivity contribution in [2.75, 3.05) is 74.2 Å². The largest absolute Gasteiger partial charge is 0.697 e. The Hall–Kier alpha value is -0.120. The maximum atomic E-state index is 10.8. The monoisotopic (exact) mass is 410 g/mol. The molecule has 25 heavy (non-hydrogen) atoms. The maximum absolute atomic E-state index is 10.8. The lowest BCUT2D eigenvalue weighted by Crippen LogP contribution is -2.00. The van der Waals surface area contributed by atoms with E-state index in [1.54, 1.807) is 35.2 Å². The summed E-state index contributed by atoms with van der Waals surface area (Å²) in [6.45, 7) is 6.36. The van der Waals surface area contributed by atoms with E-state index in [4.69, 9.17) is 14.2 Å². The Morgan fingerprint density at radius 1 is 0.640 bits per heavy atom. The van der Waals surface area contributed by atoms with E-state index < -0.39 is 16.5 Å². The molecule has 0 aliphatic rings. The van der Waals surface area contributed by atoms with Crippen molar-refractivity contribution in [1.82, 2.24) is 0 Å². The fraction of sp³-hybridized carbons (Fsp3) is 1.00. The topological polar surface area (TPSA) is 119 Å². The van der Waals surface area contributed by atoms with Gasteiger partial charge in [0.25, 0.3) is 0 Å². The summed E-state index contributed by atoms with van der Waals surface area (Å²) in [5, 5.41) is 7.94. The number of hydrogen-bond acceptors (Lipinski definition) is 10. The first kappa shape index (κ1) is 29.6. The molecule has 0 radical (unpaired) electrons. The third kappa shape index (κ3) is 35.8. The van der Waals surface area contributed by atoms with E-state index in [1.807, 2.05) is 0 Å². The van der Waals surface area contributed by atoms with Gasteiger partial charge in [0.05, 0.1) is 26.4 Å². The van der Waals surface area contributed by atoms with E-state index in [2.05, 4.69) is 23.3 Å². The van der Waals surface area contributed by atoms with Crippen LogP contribution >= 0.6 is 16.5 Å². The van der Waals surface area contributed by atoms with Crippen LogP contribution in [0.1, 0.15) is 13.8 Å². The van der Waals surface area contributed by atoms with Crippen LogP contribution in [0.3, 0.4) is 0 Å². The van der Waals surface area contributed by atoms with Crippen molar-refractivity contribution in [1.29, 1.82) is 0 Å². The fourth-order valence-electron chi connectivity index (χ4n) is 0.767. The normalized spacial score (nSPS) is 9.52. The van der Waals surface area contributed by atoms with Crippen molar-refractivity contribution in [2.24, 2.45) is 0 Å². The summed E-state index contributed by atoms with van der Waals surface area (Å²) >= 11 is 0. The third-order valence-corrected chi connectivity index (χ3v) is 3.46. The lowest BCUT2D eigenvalue weighted by Gasteiger charge is -1.91. The summed E-state index contributed by atoms with van der Waals surface area (Å²) in [4.78, 5) is 0. The van der Waals surface area contributed by atoms with Crippen LogP contribution in [-0.4, -0.2) is 79.3 Å². The van der Waals surface area contributed by atoms with E-state index >= 15 is 0 Å². The molecule has 0 aromatic rings. The Kier molecular flexibility index (Phi) is 34.0. The van der Waals surface area contributed by atoms with Gasteiger partial charge in [-0.15, -0.1) is 18.1 Å². The van der Waals surface area contributed by atoms with Crippen LogP contribution in [0.4, 0.5) is 0 Å². The highest BCUT2D eigenvalue weighted by Crippen LogP contribution is 2.22. The van der Waals surface area contributed by atoms with Crippen molar-refractivity contribution < 1.29 is 46.5 Å². The van der Waals surface area contributed by atoms with E-state index in [0.717, 1.165) is 0 Å². The fourth-order valence-corrected chi connectivity index (χ4v) is 1.78. The number of aliphatic hydroxyl groups excluding tert-OH is 1. The van der Waals surface area contributed by atoms with Gasteiger partial charge in [0.1, 0.15) is 26.4 Å². The molecule has 0 bridgehead atoms. The molecule has 152 valence electrons. The Balaban J connectivity index is -0.000000321. The molecule has 0 aromatic heterocycles. The van der Waals surface area contributed by atoms with E-state index in [0.29, 0.717) is 33.0 Å². The lowest BCUT2D eigenvalue weighted by atomic mass is 10.8. The van der Waals surface area contributed by atoms with Crippen LogP contribution in [0, 0.1) is 0 Å². The van der Waals surface area contributed by atoms with Crippen LogP contribution < -0.4 is 0 Å². The highest BCUT2D eigenvalue weighted by molar-refractivity contribution is 7.33. The Labute approximate surface area is 151 Å². The molecule has 10 nitrogen and oxygen atoms in total. The van der Waals surface area contributed by atoms with Crippen LogP contribution in [0.2, 0.25) is 0 Å². The number of ether oxygens (including phenoxy) is 3. The van der Waals surface area contributed by atoms with E-state index in [-0.39, 0.29) is 19.8 Å². The van der Waals surface area contributed by atoms with Gasteiger partial charge >= 0.3 is 16.5 Å².